The van der Waals surface area contributed by atoms with Gasteiger partial charge in [0.25, 0.3) is 0 Å². The molecular weight excluding hydrogens is 232 g/mol. The van der Waals surface area contributed by atoms with Crippen LogP contribution in [0.5, 0.6) is 0 Å². The molecule has 0 aromatic carbocycles. The van der Waals surface area contributed by atoms with Gasteiger partial charge < -0.3 is 10.6 Å². The summed E-state index contributed by atoms with van der Waals surface area (Å²) in [5.41, 5.74) is 0. The molecule has 0 aliphatic heterocycles. The fourth-order valence-corrected chi connectivity index (χ4v) is 2.23. The summed E-state index contributed by atoms with van der Waals surface area (Å²) in [6, 6.07) is 0. The van der Waals surface area contributed by atoms with E-state index in [0.29, 0.717) is 0 Å². The van der Waals surface area contributed by atoms with Crippen LogP contribution in [0.1, 0.15) is 78.1 Å². The van der Waals surface area contributed by atoms with Gasteiger partial charge in [-0.25, -0.2) is 0 Å². The molecule has 0 aromatic rings. The van der Waals surface area contributed by atoms with Crippen molar-refractivity contribution in [2.45, 2.75) is 78.1 Å². The first-order chi connectivity index (χ1) is 9.41. The fourth-order valence-electron chi connectivity index (χ4n) is 2.23. The Kier molecular flexibility index (Phi) is 17.8. The second-order valence-electron chi connectivity index (χ2n) is 5.44. The van der Waals surface area contributed by atoms with Crippen molar-refractivity contribution in [2.75, 3.05) is 26.2 Å². The molecule has 0 aliphatic carbocycles. The van der Waals surface area contributed by atoms with Crippen molar-refractivity contribution in [3.05, 3.63) is 6.42 Å². The maximum atomic E-state index is 3.46. The molecule has 0 aliphatic rings. The standard InChI is InChI=1S/C17H37N2/c1-3-15-19-17-14-12-10-8-6-5-7-9-11-13-16-18-4-2/h6,18-19H,3-5,7-17H2,1-2H3. The average molecular weight is 269 g/mol. The Hall–Kier alpha value is -0.0800. The Bertz CT molecular complexity index is 132. The monoisotopic (exact) mass is 269 g/mol. The predicted molar refractivity (Wildman–Crippen MR) is 87.6 cm³/mol. The van der Waals surface area contributed by atoms with Crippen LogP contribution >= 0.6 is 0 Å². The lowest BCUT2D eigenvalue weighted by Gasteiger charge is -2.04. The first-order valence-corrected chi connectivity index (χ1v) is 8.64. The summed E-state index contributed by atoms with van der Waals surface area (Å²) in [5, 5.41) is 6.84. The second-order valence-corrected chi connectivity index (χ2v) is 5.44. The summed E-state index contributed by atoms with van der Waals surface area (Å²) in [7, 11) is 0. The molecule has 0 atom stereocenters. The van der Waals surface area contributed by atoms with Crippen molar-refractivity contribution in [2.24, 2.45) is 0 Å². The van der Waals surface area contributed by atoms with E-state index in [2.05, 4.69) is 30.9 Å². The molecule has 0 bridgehead atoms. The lowest BCUT2D eigenvalue weighted by Crippen LogP contribution is -2.15. The highest BCUT2D eigenvalue weighted by molar-refractivity contribution is 4.65. The minimum atomic E-state index is 1.11. The summed E-state index contributed by atoms with van der Waals surface area (Å²) in [4.78, 5) is 0. The summed E-state index contributed by atoms with van der Waals surface area (Å²) in [6.45, 7) is 9.10. The van der Waals surface area contributed by atoms with Crippen LogP contribution in [0.25, 0.3) is 0 Å². The first-order valence-electron chi connectivity index (χ1n) is 8.64. The third kappa shape index (κ3) is 17.9. The minimum Gasteiger partial charge on any atom is -0.317 e. The molecule has 2 nitrogen and oxygen atoms in total. The maximum absolute atomic E-state index is 3.46. The van der Waals surface area contributed by atoms with E-state index in [-0.39, 0.29) is 0 Å². The lowest BCUT2D eigenvalue weighted by molar-refractivity contribution is 0.577. The molecule has 0 fully saturated rings. The van der Waals surface area contributed by atoms with E-state index < -0.39 is 0 Å². The van der Waals surface area contributed by atoms with Gasteiger partial charge in [-0.05, 0) is 51.9 Å². The average Bonchev–Trinajstić information content (AvgIpc) is 2.43. The van der Waals surface area contributed by atoms with Gasteiger partial charge in [0.05, 0.1) is 0 Å². The van der Waals surface area contributed by atoms with Crippen molar-refractivity contribution < 1.29 is 0 Å². The molecule has 2 heteroatoms. The number of nitrogens with one attached hydrogen (secondary N) is 2. The van der Waals surface area contributed by atoms with Gasteiger partial charge in [-0.15, -0.1) is 0 Å². The zero-order valence-electron chi connectivity index (χ0n) is 13.5. The van der Waals surface area contributed by atoms with E-state index in [1.54, 1.807) is 0 Å². The quantitative estimate of drug-likeness (QED) is 0.408. The van der Waals surface area contributed by atoms with Gasteiger partial charge in [0, 0.05) is 0 Å². The molecule has 19 heavy (non-hydrogen) atoms. The summed E-state index contributed by atoms with van der Waals surface area (Å²) < 4.78 is 0. The van der Waals surface area contributed by atoms with Crippen LogP contribution in [0.4, 0.5) is 0 Å². The van der Waals surface area contributed by atoms with Gasteiger partial charge in [-0.1, -0.05) is 58.8 Å². The fraction of sp³-hybridized carbons (Fsp3) is 0.941. The predicted octanol–water partition coefficient (Wildman–Crippen LogP) is 4.31. The van der Waals surface area contributed by atoms with Crippen molar-refractivity contribution >= 4 is 0 Å². The zero-order valence-corrected chi connectivity index (χ0v) is 13.5. The molecule has 0 spiro atoms. The second kappa shape index (κ2) is 17.9. The third-order valence-corrected chi connectivity index (χ3v) is 3.45. The van der Waals surface area contributed by atoms with Crippen molar-refractivity contribution in [1.82, 2.24) is 10.6 Å². The van der Waals surface area contributed by atoms with E-state index in [9.17, 15) is 0 Å². The van der Waals surface area contributed by atoms with Crippen molar-refractivity contribution in [3.63, 3.8) is 0 Å². The highest BCUT2D eigenvalue weighted by atomic mass is 14.8. The largest absolute Gasteiger partial charge is 0.317 e. The van der Waals surface area contributed by atoms with Crippen LogP contribution in [-0.2, 0) is 0 Å². The molecule has 0 rings (SSSR count). The van der Waals surface area contributed by atoms with Crippen LogP contribution in [0.3, 0.4) is 0 Å². The SMILES string of the molecule is CCCNCCCCC[CH]CCCCCCNCC. The zero-order chi connectivity index (χ0) is 14.0. The maximum Gasteiger partial charge on any atom is -0.00489 e. The Balaban J connectivity index is 2.88. The number of rotatable bonds is 16. The van der Waals surface area contributed by atoms with Crippen LogP contribution in [0.15, 0.2) is 0 Å². The van der Waals surface area contributed by atoms with E-state index >= 15 is 0 Å². The van der Waals surface area contributed by atoms with Gasteiger partial charge in [0.15, 0.2) is 0 Å². The third-order valence-electron chi connectivity index (χ3n) is 3.45. The summed E-state index contributed by atoms with van der Waals surface area (Å²) in [6.07, 6.45) is 16.1. The Labute approximate surface area is 122 Å². The van der Waals surface area contributed by atoms with E-state index in [0.717, 1.165) is 6.54 Å². The Morgan fingerprint density at radius 1 is 0.632 bits per heavy atom. The van der Waals surface area contributed by atoms with E-state index in [1.807, 2.05) is 0 Å². The Morgan fingerprint density at radius 2 is 1.21 bits per heavy atom. The first kappa shape index (κ1) is 18.9. The van der Waals surface area contributed by atoms with E-state index in [4.69, 9.17) is 0 Å². The molecule has 0 saturated heterocycles. The Morgan fingerprint density at radius 3 is 1.84 bits per heavy atom. The molecule has 0 aromatic heterocycles. The molecule has 1 radical (unpaired) electrons. The van der Waals surface area contributed by atoms with Gasteiger partial charge in [0.1, 0.15) is 0 Å². The van der Waals surface area contributed by atoms with Gasteiger partial charge >= 0.3 is 0 Å². The van der Waals surface area contributed by atoms with Gasteiger partial charge in [0.2, 0.25) is 0 Å². The van der Waals surface area contributed by atoms with Crippen molar-refractivity contribution in [3.8, 4) is 0 Å². The van der Waals surface area contributed by atoms with Crippen LogP contribution in [0, 0.1) is 6.42 Å². The van der Waals surface area contributed by atoms with Gasteiger partial charge in [-0.3, -0.25) is 0 Å². The summed E-state index contributed by atoms with van der Waals surface area (Å²) >= 11 is 0. The van der Waals surface area contributed by atoms with Crippen LogP contribution < -0.4 is 10.6 Å². The summed E-state index contributed by atoms with van der Waals surface area (Å²) in [5.74, 6) is 0. The molecule has 0 amide bonds. The molecule has 0 saturated carbocycles. The van der Waals surface area contributed by atoms with Crippen LogP contribution in [0.2, 0.25) is 0 Å². The van der Waals surface area contributed by atoms with Crippen molar-refractivity contribution in [1.29, 1.82) is 0 Å². The lowest BCUT2D eigenvalue weighted by atomic mass is 10.1. The normalized spacial score (nSPS) is 11.1. The highest BCUT2D eigenvalue weighted by Crippen LogP contribution is 2.09. The number of hydrogen-bond donors (Lipinski definition) is 2. The molecule has 0 heterocycles. The molecule has 115 valence electrons. The number of hydrogen-bond acceptors (Lipinski definition) is 2. The highest BCUT2D eigenvalue weighted by Gasteiger charge is 1.93. The minimum absolute atomic E-state index is 1.11. The molecule has 0 unspecified atom stereocenters. The number of unbranched alkanes of at least 4 members (excludes halogenated alkanes) is 9. The molecular formula is C17H37N2. The topological polar surface area (TPSA) is 24.1 Å². The van der Waals surface area contributed by atoms with Crippen LogP contribution in [-0.4, -0.2) is 26.2 Å². The van der Waals surface area contributed by atoms with E-state index in [1.165, 1.54) is 83.8 Å². The smallest absolute Gasteiger partial charge is 0.00489 e. The molecule has 2 N–H and O–H groups in total. The van der Waals surface area contributed by atoms with Gasteiger partial charge in [-0.2, -0.15) is 0 Å².